The van der Waals surface area contributed by atoms with Crippen LogP contribution < -0.4 is 10.6 Å². The lowest BCUT2D eigenvalue weighted by Gasteiger charge is -2.22. The molecule has 2 atom stereocenters. The first-order valence-corrected chi connectivity index (χ1v) is 10.4. The van der Waals surface area contributed by atoms with E-state index < -0.39 is 0 Å². The second kappa shape index (κ2) is 11.0. The van der Waals surface area contributed by atoms with E-state index in [4.69, 9.17) is 0 Å². The van der Waals surface area contributed by atoms with E-state index in [9.17, 15) is 4.79 Å². The molecule has 1 saturated heterocycles. The molecular weight excluding hydrogens is 463 g/mol. The summed E-state index contributed by atoms with van der Waals surface area (Å²) in [5, 5.41) is 6.95. The van der Waals surface area contributed by atoms with Crippen LogP contribution >= 0.6 is 24.0 Å². The van der Waals surface area contributed by atoms with Crippen LogP contribution in [-0.4, -0.2) is 49.5 Å². The molecule has 1 amide bonds. The van der Waals surface area contributed by atoms with Crippen molar-refractivity contribution < 1.29 is 4.79 Å². The third-order valence-corrected chi connectivity index (χ3v) is 5.99. The van der Waals surface area contributed by atoms with Crippen molar-refractivity contribution in [3.8, 4) is 0 Å². The van der Waals surface area contributed by atoms with Crippen molar-refractivity contribution in [2.45, 2.75) is 57.9 Å². The van der Waals surface area contributed by atoms with Crippen LogP contribution in [0.5, 0.6) is 0 Å². The molecule has 0 bridgehead atoms. The highest BCUT2D eigenvalue weighted by molar-refractivity contribution is 14.0. The Morgan fingerprint density at radius 2 is 1.89 bits per heavy atom. The minimum atomic E-state index is 0. The normalized spacial score (nSPS) is 21.3. The molecule has 156 valence electrons. The van der Waals surface area contributed by atoms with Gasteiger partial charge in [0.2, 0.25) is 5.91 Å². The molecule has 2 unspecified atom stereocenters. The Hall–Kier alpha value is -1.31. The van der Waals surface area contributed by atoms with Gasteiger partial charge < -0.3 is 15.5 Å². The average molecular weight is 498 g/mol. The van der Waals surface area contributed by atoms with E-state index in [-0.39, 0.29) is 35.9 Å². The van der Waals surface area contributed by atoms with Crippen LogP contribution in [0, 0.1) is 12.8 Å². The Morgan fingerprint density at radius 1 is 1.21 bits per heavy atom. The van der Waals surface area contributed by atoms with Gasteiger partial charge in [0.1, 0.15) is 0 Å². The Balaban J connectivity index is 0.00000280. The Labute approximate surface area is 186 Å². The first-order valence-electron chi connectivity index (χ1n) is 10.4. The monoisotopic (exact) mass is 498 g/mol. The highest BCUT2D eigenvalue weighted by atomic mass is 127. The molecule has 1 heterocycles. The molecule has 1 aliphatic heterocycles. The molecule has 5 nitrogen and oxygen atoms in total. The predicted octanol–water partition coefficient (Wildman–Crippen LogP) is 3.67. The summed E-state index contributed by atoms with van der Waals surface area (Å²) in [7, 11) is 1.81. The lowest BCUT2D eigenvalue weighted by Crippen LogP contribution is -2.46. The molecule has 28 heavy (non-hydrogen) atoms. The van der Waals surface area contributed by atoms with E-state index in [0.29, 0.717) is 11.8 Å². The molecule has 2 fully saturated rings. The fraction of sp³-hybridized carbons (Fsp3) is 0.636. The van der Waals surface area contributed by atoms with Gasteiger partial charge in [-0.15, -0.1) is 24.0 Å². The molecule has 1 saturated carbocycles. The zero-order valence-corrected chi connectivity index (χ0v) is 19.7. The number of amides is 1. The van der Waals surface area contributed by atoms with Crippen molar-refractivity contribution in [1.82, 2.24) is 15.5 Å². The van der Waals surface area contributed by atoms with E-state index in [2.05, 4.69) is 58.6 Å². The maximum atomic E-state index is 12.6. The van der Waals surface area contributed by atoms with Gasteiger partial charge in [0.15, 0.2) is 5.96 Å². The minimum absolute atomic E-state index is 0. The number of carbonyl (C=O) groups is 1. The van der Waals surface area contributed by atoms with Gasteiger partial charge in [0.25, 0.3) is 0 Å². The van der Waals surface area contributed by atoms with Crippen LogP contribution in [0.3, 0.4) is 0 Å². The van der Waals surface area contributed by atoms with E-state index in [1.165, 1.54) is 24.0 Å². The van der Waals surface area contributed by atoms with Crippen LogP contribution in [0.2, 0.25) is 0 Å². The predicted molar refractivity (Wildman–Crippen MR) is 126 cm³/mol. The first-order chi connectivity index (χ1) is 13.1. The lowest BCUT2D eigenvalue weighted by atomic mass is 10.0. The molecular formula is C22H35IN4O. The summed E-state index contributed by atoms with van der Waals surface area (Å²) in [6.45, 7) is 6.83. The fourth-order valence-electron chi connectivity index (χ4n) is 4.16. The Bertz CT molecular complexity index is 655. The molecule has 1 aliphatic carbocycles. The van der Waals surface area contributed by atoms with Crippen LogP contribution in [0.25, 0.3) is 0 Å². The first kappa shape index (κ1) is 23.0. The minimum Gasteiger partial charge on any atom is -0.356 e. The van der Waals surface area contributed by atoms with Crippen LogP contribution in [0.15, 0.2) is 29.3 Å². The van der Waals surface area contributed by atoms with Gasteiger partial charge in [-0.3, -0.25) is 9.79 Å². The summed E-state index contributed by atoms with van der Waals surface area (Å²) in [5.74, 6) is 1.88. The third kappa shape index (κ3) is 6.09. The summed E-state index contributed by atoms with van der Waals surface area (Å²) >= 11 is 0. The number of benzene rings is 1. The van der Waals surface area contributed by atoms with Crippen molar-refractivity contribution in [2.75, 3.05) is 26.7 Å². The molecule has 1 aromatic carbocycles. The summed E-state index contributed by atoms with van der Waals surface area (Å²) in [6.07, 6.45) is 5.57. The number of hydrogen-bond donors (Lipinski definition) is 2. The van der Waals surface area contributed by atoms with Crippen molar-refractivity contribution >= 4 is 35.8 Å². The molecule has 2 aliphatic rings. The molecule has 0 aromatic heterocycles. The Kier molecular flexibility index (Phi) is 9.05. The van der Waals surface area contributed by atoms with Crippen LogP contribution in [-0.2, 0) is 4.79 Å². The number of nitrogens with zero attached hydrogens (tertiary/aromatic N) is 2. The van der Waals surface area contributed by atoms with E-state index in [1.54, 1.807) is 0 Å². The maximum absolute atomic E-state index is 12.6. The number of carbonyl (C=O) groups excluding carboxylic acids is 1. The number of nitrogens with one attached hydrogen (secondary N) is 2. The SMILES string of the molecule is CN=C(NCC(C)c1ccc(C)cc1)NC1CCN(C(=O)C2CCCC2)C1.I. The van der Waals surface area contributed by atoms with Gasteiger partial charge in [0.05, 0.1) is 0 Å². The number of aryl methyl sites for hydroxylation is 1. The summed E-state index contributed by atoms with van der Waals surface area (Å²) in [4.78, 5) is 19.0. The van der Waals surface area contributed by atoms with E-state index in [0.717, 1.165) is 44.9 Å². The van der Waals surface area contributed by atoms with Gasteiger partial charge in [0, 0.05) is 38.6 Å². The van der Waals surface area contributed by atoms with Crippen LogP contribution in [0.4, 0.5) is 0 Å². The number of halogens is 1. The number of guanidine groups is 1. The number of likely N-dealkylation sites (tertiary alicyclic amines) is 1. The molecule has 1 aromatic rings. The Morgan fingerprint density at radius 3 is 2.54 bits per heavy atom. The second-order valence-electron chi connectivity index (χ2n) is 8.16. The average Bonchev–Trinajstić information content (AvgIpc) is 3.37. The third-order valence-electron chi connectivity index (χ3n) is 5.99. The van der Waals surface area contributed by atoms with Gasteiger partial charge in [-0.2, -0.15) is 0 Å². The van der Waals surface area contributed by atoms with Crippen molar-refractivity contribution in [1.29, 1.82) is 0 Å². The maximum Gasteiger partial charge on any atom is 0.225 e. The number of hydrogen-bond acceptors (Lipinski definition) is 2. The summed E-state index contributed by atoms with van der Waals surface area (Å²) in [5.41, 5.74) is 2.62. The summed E-state index contributed by atoms with van der Waals surface area (Å²) in [6, 6.07) is 9.00. The molecule has 6 heteroatoms. The van der Waals surface area contributed by atoms with Crippen LogP contribution in [0.1, 0.15) is 56.1 Å². The second-order valence-corrected chi connectivity index (χ2v) is 8.16. The standard InChI is InChI=1S/C22H34N4O.HI/c1-16-8-10-18(11-9-16)17(2)14-24-22(23-3)25-20-12-13-26(15-20)21(27)19-6-4-5-7-19;/h8-11,17,19-20H,4-7,12-15H2,1-3H3,(H2,23,24,25);1H. The van der Waals surface area contributed by atoms with Crippen molar-refractivity contribution in [3.63, 3.8) is 0 Å². The van der Waals surface area contributed by atoms with E-state index in [1.807, 2.05) is 7.05 Å². The van der Waals surface area contributed by atoms with Crippen molar-refractivity contribution in [2.24, 2.45) is 10.9 Å². The highest BCUT2D eigenvalue weighted by Gasteiger charge is 2.32. The highest BCUT2D eigenvalue weighted by Crippen LogP contribution is 2.27. The largest absolute Gasteiger partial charge is 0.356 e. The van der Waals surface area contributed by atoms with Gasteiger partial charge in [-0.25, -0.2) is 0 Å². The molecule has 0 spiro atoms. The number of rotatable bonds is 5. The molecule has 2 N–H and O–H groups in total. The topological polar surface area (TPSA) is 56.7 Å². The van der Waals surface area contributed by atoms with E-state index >= 15 is 0 Å². The molecule has 3 rings (SSSR count). The van der Waals surface area contributed by atoms with Gasteiger partial charge in [-0.05, 0) is 37.7 Å². The lowest BCUT2D eigenvalue weighted by molar-refractivity contribution is -0.134. The van der Waals surface area contributed by atoms with Gasteiger partial charge in [-0.1, -0.05) is 49.6 Å². The summed E-state index contributed by atoms with van der Waals surface area (Å²) < 4.78 is 0. The van der Waals surface area contributed by atoms with Gasteiger partial charge >= 0.3 is 0 Å². The quantitative estimate of drug-likeness (QED) is 0.370. The van der Waals surface area contributed by atoms with Crippen molar-refractivity contribution in [3.05, 3.63) is 35.4 Å². The smallest absolute Gasteiger partial charge is 0.225 e. The zero-order valence-electron chi connectivity index (χ0n) is 17.4. The fourth-order valence-corrected chi connectivity index (χ4v) is 4.16. The zero-order chi connectivity index (χ0) is 19.2. The molecule has 0 radical (unpaired) electrons. The number of aliphatic imine (C=N–C) groups is 1.